The van der Waals surface area contributed by atoms with Crippen molar-refractivity contribution < 1.29 is 4.39 Å². The molecule has 2 atom stereocenters. The molecular formula is C16H25FN2. The van der Waals surface area contributed by atoms with E-state index < -0.39 is 0 Å². The summed E-state index contributed by atoms with van der Waals surface area (Å²) in [4.78, 5) is 2.56. The fourth-order valence-electron chi connectivity index (χ4n) is 2.78. The van der Waals surface area contributed by atoms with Crippen LogP contribution in [-0.2, 0) is 6.42 Å². The molecule has 0 radical (unpaired) electrons. The van der Waals surface area contributed by atoms with Gasteiger partial charge in [-0.2, -0.15) is 0 Å². The lowest BCUT2D eigenvalue weighted by atomic mass is 10.0. The van der Waals surface area contributed by atoms with Crippen LogP contribution < -0.4 is 5.32 Å². The van der Waals surface area contributed by atoms with Crippen LogP contribution in [0.3, 0.4) is 0 Å². The van der Waals surface area contributed by atoms with Crippen LogP contribution in [0.2, 0.25) is 0 Å². The summed E-state index contributed by atoms with van der Waals surface area (Å²) in [6, 6.07) is 6.90. The summed E-state index contributed by atoms with van der Waals surface area (Å²) >= 11 is 0. The van der Waals surface area contributed by atoms with Crippen molar-refractivity contribution in [2.24, 2.45) is 11.8 Å². The molecule has 1 aliphatic rings. The second kappa shape index (κ2) is 7.01. The second-order valence-electron chi connectivity index (χ2n) is 6.00. The van der Waals surface area contributed by atoms with Gasteiger partial charge in [0.15, 0.2) is 0 Å². The highest BCUT2D eigenvalue weighted by Gasteiger charge is 2.16. The average molecular weight is 264 g/mol. The van der Waals surface area contributed by atoms with Crippen molar-refractivity contribution >= 4 is 0 Å². The molecule has 0 saturated carbocycles. The summed E-state index contributed by atoms with van der Waals surface area (Å²) in [7, 11) is 0. The lowest BCUT2D eigenvalue weighted by Gasteiger charge is -2.31. The van der Waals surface area contributed by atoms with Gasteiger partial charge in [-0.15, -0.1) is 0 Å². The van der Waals surface area contributed by atoms with Gasteiger partial charge < -0.3 is 10.2 Å². The molecule has 1 aliphatic heterocycles. The predicted molar refractivity (Wildman–Crippen MR) is 77.7 cm³/mol. The lowest BCUT2D eigenvalue weighted by Crippen LogP contribution is -2.43. The molecule has 106 valence electrons. The molecule has 0 spiro atoms. The number of rotatable bonds is 3. The van der Waals surface area contributed by atoms with Gasteiger partial charge in [-0.05, 0) is 49.0 Å². The lowest BCUT2D eigenvalue weighted by molar-refractivity contribution is 0.187. The molecule has 2 nitrogen and oxygen atoms in total. The van der Waals surface area contributed by atoms with E-state index in [4.69, 9.17) is 0 Å². The van der Waals surface area contributed by atoms with Gasteiger partial charge in [0.1, 0.15) is 5.82 Å². The van der Waals surface area contributed by atoms with E-state index >= 15 is 0 Å². The zero-order valence-electron chi connectivity index (χ0n) is 12.0. The molecular weight excluding hydrogens is 239 g/mol. The molecule has 3 heteroatoms. The van der Waals surface area contributed by atoms with Crippen LogP contribution >= 0.6 is 0 Å². The van der Waals surface area contributed by atoms with Gasteiger partial charge in [-0.1, -0.05) is 26.0 Å². The Morgan fingerprint density at radius 1 is 1.11 bits per heavy atom. The minimum absolute atomic E-state index is 0.150. The predicted octanol–water partition coefficient (Wildman–Crippen LogP) is 2.55. The third-order valence-corrected chi connectivity index (χ3v) is 3.76. The van der Waals surface area contributed by atoms with E-state index in [0.29, 0.717) is 11.8 Å². The second-order valence-corrected chi connectivity index (χ2v) is 6.00. The topological polar surface area (TPSA) is 15.3 Å². The van der Waals surface area contributed by atoms with Gasteiger partial charge in [-0.25, -0.2) is 4.39 Å². The van der Waals surface area contributed by atoms with E-state index in [0.717, 1.165) is 39.1 Å². The summed E-state index contributed by atoms with van der Waals surface area (Å²) < 4.78 is 12.9. The van der Waals surface area contributed by atoms with Crippen LogP contribution in [0.25, 0.3) is 0 Å². The van der Waals surface area contributed by atoms with Crippen LogP contribution in [0.15, 0.2) is 24.3 Å². The first-order valence-corrected chi connectivity index (χ1v) is 7.31. The molecule has 1 fully saturated rings. The van der Waals surface area contributed by atoms with Crippen molar-refractivity contribution in [1.82, 2.24) is 10.2 Å². The van der Waals surface area contributed by atoms with Crippen LogP contribution in [0.4, 0.5) is 4.39 Å². The van der Waals surface area contributed by atoms with Crippen LogP contribution in [0.1, 0.15) is 19.4 Å². The van der Waals surface area contributed by atoms with Gasteiger partial charge in [0.05, 0.1) is 0 Å². The normalized spacial score (nSPS) is 25.8. The average Bonchev–Trinajstić information content (AvgIpc) is 2.36. The summed E-state index contributed by atoms with van der Waals surface area (Å²) in [6.45, 7) is 10.2. The Morgan fingerprint density at radius 2 is 1.68 bits per heavy atom. The van der Waals surface area contributed by atoms with E-state index in [1.165, 1.54) is 5.56 Å². The molecule has 0 aromatic heterocycles. The minimum atomic E-state index is -0.150. The van der Waals surface area contributed by atoms with Gasteiger partial charge in [0.2, 0.25) is 0 Å². The van der Waals surface area contributed by atoms with E-state index in [9.17, 15) is 4.39 Å². The van der Waals surface area contributed by atoms with Gasteiger partial charge in [0.25, 0.3) is 0 Å². The Labute approximate surface area is 116 Å². The minimum Gasteiger partial charge on any atom is -0.316 e. The van der Waals surface area contributed by atoms with E-state index in [-0.39, 0.29) is 5.82 Å². The van der Waals surface area contributed by atoms with Crippen molar-refractivity contribution in [3.63, 3.8) is 0 Å². The monoisotopic (exact) mass is 264 g/mol. The van der Waals surface area contributed by atoms with Gasteiger partial charge >= 0.3 is 0 Å². The highest BCUT2D eigenvalue weighted by Crippen LogP contribution is 2.10. The number of benzene rings is 1. The molecule has 1 saturated heterocycles. The molecule has 2 rings (SSSR count). The molecule has 0 amide bonds. The highest BCUT2D eigenvalue weighted by atomic mass is 19.1. The SMILES string of the molecule is CC1CNCC(C)CN(CCc2ccc(F)cc2)C1. The molecule has 1 aromatic carbocycles. The zero-order valence-corrected chi connectivity index (χ0v) is 12.0. The maximum Gasteiger partial charge on any atom is 0.123 e. The van der Waals surface area contributed by atoms with E-state index in [2.05, 4.69) is 24.1 Å². The Morgan fingerprint density at radius 3 is 2.26 bits per heavy atom. The standard InChI is InChI=1S/C16H25FN2/c1-13-9-18-10-14(2)12-19(11-13)8-7-15-3-5-16(17)6-4-15/h3-6,13-14,18H,7-12H2,1-2H3. The molecule has 0 aliphatic carbocycles. The van der Waals surface area contributed by atoms with Crippen molar-refractivity contribution in [2.45, 2.75) is 20.3 Å². The van der Waals surface area contributed by atoms with Gasteiger partial charge in [-0.3, -0.25) is 0 Å². The first kappa shape index (κ1) is 14.5. The van der Waals surface area contributed by atoms with Crippen LogP contribution in [0, 0.1) is 17.7 Å². The summed E-state index contributed by atoms with van der Waals surface area (Å²) in [5, 5.41) is 3.52. The van der Waals surface area contributed by atoms with Crippen LogP contribution in [0.5, 0.6) is 0 Å². The van der Waals surface area contributed by atoms with Crippen molar-refractivity contribution in [1.29, 1.82) is 0 Å². The Hall–Kier alpha value is -0.930. The third-order valence-electron chi connectivity index (χ3n) is 3.76. The number of nitrogens with zero attached hydrogens (tertiary/aromatic N) is 1. The number of halogens is 1. The molecule has 1 N–H and O–H groups in total. The Balaban J connectivity index is 1.86. The zero-order chi connectivity index (χ0) is 13.7. The summed E-state index contributed by atoms with van der Waals surface area (Å²) in [5.74, 6) is 1.24. The van der Waals surface area contributed by atoms with E-state index in [1.54, 1.807) is 12.1 Å². The maximum absolute atomic E-state index is 12.9. The fourth-order valence-corrected chi connectivity index (χ4v) is 2.78. The first-order valence-electron chi connectivity index (χ1n) is 7.31. The van der Waals surface area contributed by atoms with Crippen molar-refractivity contribution in [3.8, 4) is 0 Å². The quantitative estimate of drug-likeness (QED) is 0.902. The van der Waals surface area contributed by atoms with Crippen molar-refractivity contribution in [2.75, 3.05) is 32.7 Å². The molecule has 0 bridgehead atoms. The molecule has 1 aromatic rings. The maximum atomic E-state index is 12.9. The van der Waals surface area contributed by atoms with Crippen molar-refractivity contribution in [3.05, 3.63) is 35.6 Å². The summed E-state index contributed by atoms with van der Waals surface area (Å²) in [5.41, 5.74) is 1.22. The van der Waals surface area contributed by atoms with Gasteiger partial charge in [0, 0.05) is 19.6 Å². The molecule has 19 heavy (non-hydrogen) atoms. The first-order chi connectivity index (χ1) is 9.13. The summed E-state index contributed by atoms with van der Waals surface area (Å²) in [6.07, 6.45) is 1.01. The third kappa shape index (κ3) is 4.92. The molecule has 2 unspecified atom stereocenters. The highest BCUT2D eigenvalue weighted by molar-refractivity contribution is 5.16. The number of hydrogen-bond acceptors (Lipinski definition) is 2. The Bertz CT molecular complexity index is 365. The van der Waals surface area contributed by atoms with Crippen LogP contribution in [-0.4, -0.2) is 37.6 Å². The Kier molecular flexibility index (Phi) is 5.34. The van der Waals surface area contributed by atoms with E-state index in [1.807, 2.05) is 12.1 Å². The number of hydrogen-bond donors (Lipinski definition) is 1. The smallest absolute Gasteiger partial charge is 0.123 e. The fraction of sp³-hybridized carbons (Fsp3) is 0.625. The molecule has 1 heterocycles. The number of nitrogens with one attached hydrogen (secondary N) is 1. The largest absolute Gasteiger partial charge is 0.316 e.